The van der Waals surface area contributed by atoms with E-state index in [0.29, 0.717) is 11.4 Å². The third-order valence-electron chi connectivity index (χ3n) is 3.52. The maximum atomic E-state index is 6.47. The minimum atomic E-state index is -0.870. The Kier molecular flexibility index (Phi) is 3.19. The lowest BCUT2D eigenvalue weighted by molar-refractivity contribution is 0.670. The molecule has 2 atom stereocenters. The summed E-state index contributed by atoms with van der Waals surface area (Å²) in [6.45, 7) is 3.84. The number of aliphatic imine (C=N–C) groups is 1. The summed E-state index contributed by atoms with van der Waals surface area (Å²) in [5, 5.41) is 0.182. The molecule has 1 aliphatic carbocycles. The molecule has 0 saturated carbocycles. The van der Waals surface area contributed by atoms with Crippen LogP contribution in [0.2, 0.25) is 5.28 Å². The van der Waals surface area contributed by atoms with E-state index < -0.39 is 5.54 Å². The van der Waals surface area contributed by atoms with Gasteiger partial charge in [-0.25, -0.2) is 9.97 Å². The Bertz CT molecular complexity index is 711. The highest BCUT2D eigenvalue weighted by atomic mass is 35.5. The second-order valence-corrected chi connectivity index (χ2v) is 5.70. The number of nitrogens with zero attached hydrogens (tertiary/aromatic N) is 3. The molecule has 0 bridgehead atoms. The highest BCUT2D eigenvalue weighted by molar-refractivity contribution is 6.28. The van der Waals surface area contributed by atoms with Crippen molar-refractivity contribution in [3.8, 4) is 0 Å². The first-order valence-electron chi connectivity index (χ1n) is 6.66. The lowest BCUT2D eigenvalue weighted by Crippen LogP contribution is -2.38. The van der Waals surface area contributed by atoms with Crippen molar-refractivity contribution in [2.75, 3.05) is 0 Å². The normalized spacial score (nSPS) is 27.6. The fourth-order valence-electron chi connectivity index (χ4n) is 2.53. The molecule has 5 nitrogen and oxygen atoms in total. The Morgan fingerprint density at radius 3 is 2.81 bits per heavy atom. The van der Waals surface area contributed by atoms with E-state index in [1.807, 2.05) is 44.2 Å². The van der Waals surface area contributed by atoms with E-state index >= 15 is 0 Å². The molecule has 2 unspecified atom stereocenters. The zero-order valence-electron chi connectivity index (χ0n) is 11.8. The number of halogens is 1. The molecule has 3 rings (SSSR count). The van der Waals surface area contributed by atoms with Gasteiger partial charge in [0.15, 0.2) is 0 Å². The van der Waals surface area contributed by atoms with Gasteiger partial charge in [0.25, 0.3) is 0 Å². The Morgan fingerprint density at radius 2 is 2.10 bits per heavy atom. The highest BCUT2D eigenvalue weighted by Gasteiger charge is 2.31. The number of hydrogen-bond donors (Lipinski definition) is 2. The van der Waals surface area contributed by atoms with E-state index in [4.69, 9.17) is 23.1 Å². The molecular weight excluding hydrogens is 286 g/mol. The molecule has 1 aliphatic heterocycles. The third kappa shape index (κ3) is 2.50. The van der Waals surface area contributed by atoms with Gasteiger partial charge in [0, 0.05) is 17.0 Å². The standard InChI is InChI=1S/C15H16ClN5/c1-8-5-11(17)10-7-15(18,4-3-12(10)19-8)13-6-9(2)20-14(16)21-13/h3-8H,17-18H2,1-2H3. The van der Waals surface area contributed by atoms with Crippen LogP contribution in [0.4, 0.5) is 0 Å². The summed E-state index contributed by atoms with van der Waals surface area (Å²) in [5.41, 5.74) is 15.5. The van der Waals surface area contributed by atoms with Crippen LogP contribution in [0, 0.1) is 6.92 Å². The van der Waals surface area contributed by atoms with Gasteiger partial charge in [0.1, 0.15) is 0 Å². The van der Waals surface area contributed by atoms with Crippen LogP contribution in [0.5, 0.6) is 0 Å². The van der Waals surface area contributed by atoms with E-state index in [9.17, 15) is 0 Å². The minimum absolute atomic E-state index is 0.0720. The van der Waals surface area contributed by atoms with Crippen LogP contribution in [-0.2, 0) is 5.54 Å². The lowest BCUT2D eigenvalue weighted by Gasteiger charge is -2.29. The molecule has 2 heterocycles. The Hall–Kier alpha value is -1.98. The maximum Gasteiger partial charge on any atom is 0.222 e. The predicted molar refractivity (Wildman–Crippen MR) is 84.0 cm³/mol. The molecule has 0 fully saturated rings. The first-order valence-corrected chi connectivity index (χ1v) is 7.04. The minimum Gasteiger partial charge on any atom is -0.398 e. The first-order chi connectivity index (χ1) is 9.87. The molecule has 0 aromatic carbocycles. The Balaban J connectivity index is 2.10. The number of allylic oxidation sites excluding steroid dienone is 2. The van der Waals surface area contributed by atoms with Gasteiger partial charge in [-0.15, -0.1) is 0 Å². The average Bonchev–Trinajstić information content (AvgIpc) is 2.39. The summed E-state index contributed by atoms with van der Waals surface area (Å²) in [7, 11) is 0. The number of dihydropyridines is 1. The van der Waals surface area contributed by atoms with Crippen LogP contribution in [0.15, 0.2) is 46.6 Å². The summed E-state index contributed by atoms with van der Waals surface area (Å²) in [6, 6.07) is 1.89. The van der Waals surface area contributed by atoms with Crippen molar-refractivity contribution in [1.29, 1.82) is 0 Å². The van der Waals surface area contributed by atoms with Crippen molar-refractivity contribution in [3.05, 3.63) is 58.3 Å². The van der Waals surface area contributed by atoms with Crippen LogP contribution >= 0.6 is 11.6 Å². The molecule has 0 radical (unpaired) electrons. The van der Waals surface area contributed by atoms with Crippen LogP contribution in [-0.4, -0.2) is 21.7 Å². The van der Waals surface area contributed by atoms with Gasteiger partial charge in [-0.3, -0.25) is 4.99 Å². The molecule has 0 spiro atoms. The second-order valence-electron chi connectivity index (χ2n) is 5.36. The predicted octanol–water partition coefficient (Wildman–Crippen LogP) is 1.77. The van der Waals surface area contributed by atoms with E-state index in [1.54, 1.807) is 0 Å². The fraction of sp³-hybridized carbons (Fsp3) is 0.267. The van der Waals surface area contributed by atoms with Crippen molar-refractivity contribution in [3.63, 3.8) is 0 Å². The summed E-state index contributed by atoms with van der Waals surface area (Å²) >= 11 is 5.93. The monoisotopic (exact) mass is 301 g/mol. The first kappa shape index (κ1) is 14.0. The largest absolute Gasteiger partial charge is 0.398 e. The lowest BCUT2D eigenvalue weighted by atomic mass is 9.84. The maximum absolute atomic E-state index is 6.47. The second kappa shape index (κ2) is 4.79. The van der Waals surface area contributed by atoms with Gasteiger partial charge in [-0.2, -0.15) is 0 Å². The van der Waals surface area contributed by atoms with Crippen LogP contribution in [0.3, 0.4) is 0 Å². The molecule has 108 valence electrons. The number of rotatable bonds is 1. The third-order valence-corrected chi connectivity index (χ3v) is 3.69. The molecule has 0 amide bonds. The van der Waals surface area contributed by atoms with Crippen LogP contribution < -0.4 is 11.5 Å². The van der Waals surface area contributed by atoms with Crippen molar-refractivity contribution >= 4 is 17.3 Å². The van der Waals surface area contributed by atoms with Crippen molar-refractivity contribution in [2.24, 2.45) is 16.5 Å². The Labute approximate surface area is 128 Å². The van der Waals surface area contributed by atoms with Gasteiger partial charge in [0.2, 0.25) is 5.28 Å². The molecule has 21 heavy (non-hydrogen) atoms. The highest BCUT2D eigenvalue weighted by Crippen LogP contribution is 2.30. The van der Waals surface area contributed by atoms with E-state index in [-0.39, 0.29) is 11.3 Å². The van der Waals surface area contributed by atoms with Gasteiger partial charge in [-0.1, -0.05) is 6.08 Å². The molecule has 6 heteroatoms. The molecule has 2 aliphatic rings. The number of aryl methyl sites for hydroxylation is 1. The quantitative estimate of drug-likeness (QED) is 0.774. The zero-order chi connectivity index (χ0) is 15.2. The van der Waals surface area contributed by atoms with Gasteiger partial charge in [-0.05, 0) is 49.7 Å². The SMILES string of the molecule is Cc1cc(C2(N)C=CC3=NC(C)C=C(N)C3=C2)nc(Cl)n1. The number of aromatic nitrogens is 2. The van der Waals surface area contributed by atoms with Crippen molar-refractivity contribution in [1.82, 2.24) is 9.97 Å². The van der Waals surface area contributed by atoms with Crippen LogP contribution in [0.25, 0.3) is 0 Å². The average molecular weight is 302 g/mol. The van der Waals surface area contributed by atoms with Crippen molar-refractivity contribution < 1.29 is 0 Å². The fourth-order valence-corrected chi connectivity index (χ4v) is 2.76. The van der Waals surface area contributed by atoms with E-state index in [1.165, 1.54) is 0 Å². The topological polar surface area (TPSA) is 90.2 Å². The number of fused-ring (bicyclic) bond motifs is 1. The molecule has 0 saturated heterocycles. The number of nitrogens with two attached hydrogens (primary N) is 2. The molecule has 1 aromatic heterocycles. The van der Waals surface area contributed by atoms with Crippen LogP contribution in [0.1, 0.15) is 18.3 Å². The van der Waals surface area contributed by atoms with E-state index in [2.05, 4.69) is 15.0 Å². The van der Waals surface area contributed by atoms with Crippen molar-refractivity contribution in [2.45, 2.75) is 25.4 Å². The van der Waals surface area contributed by atoms with Gasteiger partial charge < -0.3 is 11.5 Å². The summed E-state index contributed by atoms with van der Waals surface area (Å²) in [4.78, 5) is 12.8. The number of hydrogen-bond acceptors (Lipinski definition) is 5. The van der Waals surface area contributed by atoms with Gasteiger partial charge >= 0.3 is 0 Å². The zero-order valence-corrected chi connectivity index (χ0v) is 12.6. The smallest absolute Gasteiger partial charge is 0.222 e. The summed E-state index contributed by atoms with van der Waals surface area (Å²) < 4.78 is 0. The summed E-state index contributed by atoms with van der Waals surface area (Å²) in [5.74, 6) is 0. The Morgan fingerprint density at radius 1 is 1.33 bits per heavy atom. The molecule has 1 aromatic rings. The summed E-state index contributed by atoms with van der Waals surface area (Å²) in [6.07, 6.45) is 7.53. The molecular formula is C15H16ClN5. The van der Waals surface area contributed by atoms with E-state index in [0.717, 1.165) is 17.0 Å². The van der Waals surface area contributed by atoms with Gasteiger partial charge in [0.05, 0.1) is 23.0 Å². The molecule has 4 N–H and O–H groups in total.